The fourth-order valence-corrected chi connectivity index (χ4v) is 5.85. The summed E-state index contributed by atoms with van der Waals surface area (Å²) in [4.78, 5) is 29.8. The van der Waals surface area contributed by atoms with E-state index in [0.29, 0.717) is 24.2 Å². The Bertz CT molecular complexity index is 1470. The van der Waals surface area contributed by atoms with Crippen molar-refractivity contribution in [3.8, 4) is 0 Å². The Morgan fingerprint density at radius 1 is 0.857 bits per heavy atom. The molecule has 0 saturated carbocycles. The fraction of sp³-hybridized carbons (Fsp3) is 0.185. The number of sulfonamides is 1. The van der Waals surface area contributed by atoms with Crippen LogP contribution in [0.15, 0.2) is 90.0 Å². The molecule has 0 aliphatic carbocycles. The molecule has 1 saturated heterocycles. The number of rotatable bonds is 7. The van der Waals surface area contributed by atoms with Crippen molar-refractivity contribution in [3.63, 3.8) is 0 Å². The molecular formula is C27H24N2O5S. The first-order valence-corrected chi connectivity index (χ1v) is 12.9. The first-order valence-electron chi connectivity index (χ1n) is 11.4. The SMILES string of the molecule is O=C(OC(C(=O)c1c[nH]c2ccccc12)c1ccccc1)c1ccc(S(=O)(=O)N2CCCC2)cc1. The number of carbonyl (C=O) groups is 2. The Kier molecular flexibility index (Phi) is 6.23. The van der Waals surface area contributed by atoms with Crippen molar-refractivity contribution in [3.05, 3.63) is 102 Å². The lowest BCUT2D eigenvalue weighted by Crippen LogP contribution is -2.27. The Morgan fingerprint density at radius 3 is 2.23 bits per heavy atom. The summed E-state index contributed by atoms with van der Waals surface area (Å²) in [7, 11) is -3.59. The van der Waals surface area contributed by atoms with Gasteiger partial charge in [-0.15, -0.1) is 0 Å². The highest BCUT2D eigenvalue weighted by atomic mass is 32.2. The maximum atomic E-state index is 13.5. The molecule has 1 unspecified atom stereocenters. The van der Waals surface area contributed by atoms with Crippen LogP contribution in [0, 0.1) is 0 Å². The molecule has 5 rings (SSSR count). The summed E-state index contributed by atoms with van der Waals surface area (Å²) in [6.07, 6.45) is 2.15. The van der Waals surface area contributed by atoms with Crippen LogP contribution in [0.25, 0.3) is 10.9 Å². The lowest BCUT2D eigenvalue weighted by Gasteiger charge is -2.18. The van der Waals surface area contributed by atoms with Gasteiger partial charge in [-0.1, -0.05) is 48.5 Å². The molecule has 1 aromatic heterocycles. The molecule has 0 bridgehead atoms. The highest BCUT2D eigenvalue weighted by Gasteiger charge is 2.30. The summed E-state index contributed by atoms with van der Waals surface area (Å²) in [5.41, 5.74) is 1.94. The van der Waals surface area contributed by atoms with Gasteiger partial charge in [0.15, 0.2) is 6.10 Å². The summed E-state index contributed by atoms with van der Waals surface area (Å²) in [5, 5.41) is 0.742. The van der Waals surface area contributed by atoms with Crippen LogP contribution in [0.4, 0.5) is 0 Å². The van der Waals surface area contributed by atoms with Crippen LogP contribution in [-0.2, 0) is 14.8 Å². The normalized spacial score (nSPS) is 15.2. The maximum Gasteiger partial charge on any atom is 0.339 e. The van der Waals surface area contributed by atoms with E-state index in [1.165, 1.54) is 28.6 Å². The van der Waals surface area contributed by atoms with Crippen LogP contribution >= 0.6 is 0 Å². The third kappa shape index (κ3) is 4.50. The molecule has 7 nitrogen and oxygen atoms in total. The van der Waals surface area contributed by atoms with Crippen molar-refractivity contribution in [1.29, 1.82) is 0 Å². The van der Waals surface area contributed by atoms with E-state index in [9.17, 15) is 18.0 Å². The number of esters is 1. The van der Waals surface area contributed by atoms with Gasteiger partial charge in [-0.3, -0.25) is 4.79 Å². The van der Waals surface area contributed by atoms with E-state index in [-0.39, 0.29) is 16.2 Å². The van der Waals surface area contributed by atoms with E-state index < -0.39 is 22.1 Å². The number of aromatic nitrogens is 1. The van der Waals surface area contributed by atoms with E-state index in [1.54, 1.807) is 30.5 Å². The third-order valence-electron chi connectivity index (χ3n) is 6.21. The second kappa shape index (κ2) is 9.48. The lowest BCUT2D eigenvalue weighted by molar-refractivity contribution is 0.0280. The number of benzene rings is 3. The maximum absolute atomic E-state index is 13.5. The number of H-pyrrole nitrogens is 1. The van der Waals surface area contributed by atoms with Gasteiger partial charge in [-0.25, -0.2) is 13.2 Å². The van der Waals surface area contributed by atoms with Crippen molar-refractivity contribution in [2.24, 2.45) is 0 Å². The first kappa shape index (κ1) is 23.0. The topological polar surface area (TPSA) is 96.5 Å². The summed E-state index contributed by atoms with van der Waals surface area (Å²) in [6.45, 7) is 1.00. The second-order valence-electron chi connectivity index (χ2n) is 8.44. The van der Waals surface area contributed by atoms with Gasteiger partial charge in [0.25, 0.3) is 0 Å². The monoisotopic (exact) mass is 488 g/mol. The zero-order valence-corrected chi connectivity index (χ0v) is 19.7. The van der Waals surface area contributed by atoms with Gasteiger partial charge in [-0.05, 0) is 43.2 Å². The van der Waals surface area contributed by atoms with Crippen LogP contribution in [-0.4, -0.2) is 42.5 Å². The Morgan fingerprint density at radius 2 is 1.51 bits per heavy atom. The molecule has 1 atom stereocenters. The van der Waals surface area contributed by atoms with Gasteiger partial charge in [0.1, 0.15) is 0 Å². The second-order valence-corrected chi connectivity index (χ2v) is 10.4. The number of para-hydroxylation sites is 1. The predicted molar refractivity (Wildman–Crippen MR) is 132 cm³/mol. The highest BCUT2D eigenvalue weighted by molar-refractivity contribution is 7.89. The number of nitrogens with zero attached hydrogens (tertiary/aromatic N) is 1. The van der Waals surface area contributed by atoms with Gasteiger partial charge in [0.05, 0.1) is 10.5 Å². The highest BCUT2D eigenvalue weighted by Crippen LogP contribution is 2.28. The average molecular weight is 489 g/mol. The molecule has 0 amide bonds. The summed E-state index contributed by atoms with van der Waals surface area (Å²) < 4.78 is 32.7. The summed E-state index contributed by atoms with van der Waals surface area (Å²) >= 11 is 0. The number of ether oxygens (including phenoxy) is 1. The van der Waals surface area contributed by atoms with Crippen LogP contribution < -0.4 is 0 Å². The van der Waals surface area contributed by atoms with Crippen molar-refractivity contribution in [1.82, 2.24) is 9.29 Å². The van der Waals surface area contributed by atoms with E-state index in [2.05, 4.69) is 4.98 Å². The molecule has 1 aliphatic rings. The molecule has 4 aromatic rings. The number of nitrogens with one attached hydrogen (secondary N) is 1. The van der Waals surface area contributed by atoms with Crippen LogP contribution in [0.2, 0.25) is 0 Å². The molecule has 1 N–H and O–H groups in total. The molecule has 178 valence electrons. The van der Waals surface area contributed by atoms with Gasteiger partial charge < -0.3 is 9.72 Å². The lowest BCUT2D eigenvalue weighted by atomic mass is 9.99. The zero-order valence-electron chi connectivity index (χ0n) is 18.9. The molecular weight excluding hydrogens is 464 g/mol. The number of aromatic amines is 1. The Balaban J connectivity index is 1.42. The van der Waals surface area contributed by atoms with Crippen molar-refractivity contribution in [2.75, 3.05) is 13.1 Å². The molecule has 3 aromatic carbocycles. The molecule has 1 aliphatic heterocycles. The number of hydrogen-bond acceptors (Lipinski definition) is 5. The Hall–Kier alpha value is -3.75. The molecule has 35 heavy (non-hydrogen) atoms. The van der Waals surface area contributed by atoms with E-state index in [0.717, 1.165) is 23.7 Å². The molecule has 2 heterocycles. The number of Topliss-reactive ketones (excluding diaryl/α,β-unsaturated/α-hetero) is 1. The van der Waals surface area contributed by atoms with Crippen LogP contribution in [0.1, 0.15) is 45.2 Å². The molecule has 0 spiro atoms. The van der Waals surface area contributed by atoms with Gasteiger partial charge in [0.2, 0.25) is 15.8 Å². The minimum atomic E-state index is -3.59. The van der Waals surface area contributed by atoms with E-state index >= 15 is 0 Å². The summed E-state index contributed by atoms with van der Waals surface area (Å²) in [6, 6.07) is 21.9. The minimum absolute atomic E-state index is 0.130. The number of fused-ring (bicyclic) bond motifs is 1. The standard InChI is InChI=1S/C27H24N2O5S/c30-25(23-18-28-24-11-5-4-10-22(23)24)26(19-8-2-1-3-9-19)34-27(31)20-12-14-21(15-13-20)35(32,33)29-16-6-7-17-29/h1-5,8-15,18,26,28H,6-7,16-17H2. The number of carbonyl (C=O) groups excluding carboxylic acids is 2. The van der Waals surface area contributed by atoms with Crippen molar-refractivity contribution >= 4 is 32.7 Å². The van der Waals surface area contributed by atoms with E-state index in [4.69, 9.17) is 4.74 Å². The first-order chi connectivity index (χ1) is 16.9. The largest absolute Gasteiger partial charge is 0.445 e. The van der Waals surface area contributed by atoms with E-state index in [1.807, 2.05) is 30.3 Å². The van der Waals surface area contributed by atoms with Crippen LogP contribution in [0.5, 0.6) is 0 Å². The minimum Gasteiger partial charge on any atom is -0.445 e. The van der Waals surface area contributed by atoms with Crippen molar-refractivity contribution in [2.45, 2.75) is 23.8 Å². The van der Waals surface area contributed by atoms with Gasteiger partial charge in [-0.2, -0.15) is 4.31 Å². The predicted octanol–water partition coefficient (Wildman–Crippen LogP) is 4.73. The van der Waals surface area contributed by atoms with Crippen LogP contribution in [0.3, 0.4) is 0 Å². The third-order valence-corrected chi connectivity index (χ3v) is 8.13. The summed E-state index contributed by atoms with van der Waals surface area (Å²) in [5.74, 6) is -1.06. The fourth-order valence-electron chi connectivity index (χ4n) is 4.33. The number of ketones is 1. The van der Waals surface area contributed by atoms with Gasteiger partial charge in [0, 0.05) is 41.3 Å². The molecule has 8 heteroatoms. The molecule has 1 fully saturated rings. The quantitative estimate of drug-likeness (QED) is 0.300. The van der Waals surface area contributed by atoms with Crippen molar-refractivity contribution < 1.29 is 22.7 Å². The zero-order chi connectivity index (χ0) is 24.4. The average Bonchev–Trinajstić information content (AvgIpc) is 3.58. The van der Waals surface area contributed by atoms with Gasteiger partial charge >= 0.3 is 5.97 Å². The Labute approximate surface area is 203 Å². The molecule has 0 radical (unpaired) electrons. The number of hydrogen-bond donors (Lipinski definition) is 1. The smallest absolute Gasteiger partial charge is 0.339 e.